The molecule has 0 fully saturated rings. The van der Waals surface area contributed by atoms with Gasteiger partial charge in [0, 0.05) is 0 Å². The monoisotopic (exact) mass is 532 g/mol. The summed E-state index contributed by atoms with van der Waals surface area (Å²) in [6, 6.07) is 29.0. The molecular formula is C33H40O6. The Labute approximate surface area is 231 Å². The Hall–Kier alpha value is -3.48. The van der Waals surface area contributed by atoms with E-state index in [2.05, 4.69) is 0 Å². The number of esters is 2. The molecular weight excluding hydrogens is 492 g/mol. The third-order valence-corrected chi connectivity index (χ3v) is 6.05. The van der Waals surface area contributed by atoms with Gasteiger partial charge in [-0.2, -0.15) is 0 Å². The van der Waals surface area contributed by atoms with Crippen molar-refractivity contribution in [2.45, 2.75) is 77.5 Å². The third kappa shape index (κ3) is 7.55. The van der Waals surface area contributed by atoms with Gasteiger partial charge in [-0.15, -0.1) is 0 Å². The molecule has 0 heterocycles. The van der Waals surface area contributed by atoms with Gasteiger partial charge in [0.05, 0.1) is 6.10 Å². The summed E-state index contributed by atoms with van der Waals surface area (Å²) in [5, 5.41) is 11.6. The number of aliphatic hydroxyl groups is 1. The topological polar surface area (TPSA) is 82.1 Å². The van der Waals surface area contributed by atoms with Gasteiger partial charge in [-0.1, -0.05) is 91.0 Å². The van der Waals surface area contributed by atoms with Crippen molar-refractivity contribution in [3.63, 3.8) is 0 Å². The van der Waals surface area contributed by atoms with Crippen LogP contribution in [0.15, 0.2) is 91.0 Å². The van der Waals surface area contributed by atoms with Crippen LogP contribution in [0.25, 0.3) is 0 Å². The van der Waals surface area contributed by atoms with Crippen LogP contribution in [-0.2, 0) is 29.4 Å². The maximum Gasteiger partial charge on any atom is 0.323 e. The molecule has 0 radical (unpaired) electrons. The van der Waals surface area contributed by atoms with E-state index in [1.807, 2.05) is 91.0 Å². The molecule has 6 nitrogen and oxygen atoms in total. The first-order valence-electron chi connectivity index (χ1n) is 13.2. The van der Waals surface area contributed by atoms with Gasteiger partial charge in [-0.25, -0.2) is 0 Å². The van der Waals surface area contributed by atoms with E-state index >= 15 is 0 Å². The molecule has 208 valence electrons. The number of hydrogen-bond acceptors (Lipinski definition) is 6. The van der Waals surface area contributed by atoms with Crippen LogP contribution in [0.2, 0.25) is 0 Å². The molecule has 0 saturated heterocycles. The van der Waals surface area contributed by atoms with E-state index in [4.69, 9.17) is 14.2 Å². The number of carbonyl (C=O) groups excluding carboxylic acids is 2. The minimum Gasteiger partial charge on any atom is -0.459 e. The SMILES string of the molecule is C[C@@H](OC(c1ccccc1)(c1ccccc1)c1ccccc1)[C@H](O)C(C(=O)OC(C)(C)C)C(=O)OC(C)(C)C. The van der Waals surface area contributed by atoms with Gasteiger partial charge in [0.1, 0.15) is 22.9 Å². The summed E-state index contributed by atoms with van der Waals surface area (Å²) in [4.78, 5) is 26.5. The highest BCUT2D eigenvalue weighted by atomic mass is 16.6. The first-order chi connectivity index (χ1) is 18.2. The molecule has 0 aliphatic rings. The minimum absolute atomic E-state index is 0.826. The number of aliphatic hydroxyl groups excluding tert-OH is 1. The van der Waals surface area contributed by atoms with Crippen molar-refractivity contribution in [2.24, 2.45) is 5.92 Å². The Balaban J connectivity index is 2.13. The highest BCUT2D eigenvalue weighted by molar-refractivity contribution is 5.96. The first kappa shape index (κ1) is 30.1. The van der Waals surface area contributed by atoms with Crippen molar-refractivity contribution < 1.29 is 28.9 Å². The Kier molecular flexibility index (Phi) is 9.36. The summed E-state index contributed by atoms with van der Waals surface area (Å²) in [7, 11) is 0. The Morgan fingerprint density at radius 2 is 0.923 bits per heavy atom. The molecule has 3 aromatic rings. The number of hydrogen-bond donors (Lipinski definition) is 1. The second-order valence-corrected chi connectivity index (χ2v) is 11.6. The zero-order valence-corrected chi connectivity index (χ0v) is 23.9. The van der Waals surface area contributed by atoms with Crippen molar-refractivity contribution >= 4 is 11.9 Å². The summed E-state index contributed by atoms with van der Waals surface area (Å²) in [6.07, 6.45) is -2.57. The summed E-state index contributed by atoms with van der Waals surface area (Å²) in [6.45, 7) is 11.9. The molecule has 1 N–H and O–H groups in total. The largest absolute Gasteiger partial charge is 0.459 e. The molecule has 2 atom stereocenters. The van der Waals surface area contributed by atoms with Gasteiger partial charge >= 0.3 is 11.9 Å². The van der Waals surface area contributed by atoms with Crippen LogP contribution in [0.5, 0.6) is 0 Å². The second kappa shape index (κ2) is 12.1. The molecule has 0 aliphatic heterocycles. The summed E-state index contributed by atoms with van der Waals surface area (Å²) in [5.41, 5.74) is -0.421. The van der Waals surface area contributed by atoms with E-state index in [0.29, 0.717) is 0 Å². The first-order valence-corrected chi connectivity index (χ1v) is 13.2. The van der Waals surface area contributed by atoms with E-state index < -0.39 is 46.9 Å². The molecule has 0 amide bonds. The van der Waals surface area contributed by atoms with E-state index in [0.717, 1.165) is 16.7 Å². The van der Waals surface area contributed by atoms with Crippen molar-refractivity contribution in [1.29, 1.82) is 0 Å². The summed E-state index contributed by atoms with van der Waals surface area (Å²) < 4.78 is 17.9. The van der Waals surface area contributed by atoms with E-state index in [9.17, 15) is 14.7 Å². The van der Waals surface area contributed by atoms with Gasteiger partial charge in [-0.3, -0.25) is 9.59 Å². The lowest BCUT2D eigenvalue weighted by Gasteiger charge is -2.40. The van der Waals surface area contributed by atoms with Gasteiger partial charge in [0.15, 0.2) is 5.92 Å². The third-order valence-electron chi connectivity index (χ3n) is 6.05. The number of rotatable bonds is 9. The smallest absolute Gasteiger partial charge is 0.323 e. The molecule has 3 aromatic carbocycles. The summed E-state index contributed by atoms with van der Waals surface area (Å²) >= 11 is 0. The normalized spacial score (nSPS) is 14.0. The molecule has 6 heteroatoms. The highest BCUT2D eigenvalue weighted by Crippen LogP contribution is 2.42. The molecule has 0 spiro atoms. The van der Waals surface area contributed by atoms with Crippen molar-refractivity contribution in [3.8, 4) is 0 Å². The van der Waals surface area contributed by atoms with Crippen LogP contribution < -0.4 is 0 Å². The maximum atomic E-state index is 13.3. The van der Waals surface area contributed by atoms with E-state index in [1.54, 1.807) is 48.5 Å². The fourth-order valence-corrected chi connectivity index (χ4v) is 4.45. The molecule has 0 saturated carbocycles. The number of carbonyl (C=O) groups is 2. The zero-order chi connectivity index (χ0) is 28.8. The van der Waals surface area contributed by atoms with Crippen LogP contribution in [0, 0.1) is 5.92 Å². The van der Waals surface area contributed by atoms with Crippen LogP contribution in [-0.4, -0.2) is 40.5 Å². The molecule has 0 bridgehead atoms. The summed E-state index contributed by atoms with van der Waals surface area (Å²) in [5.74, 6) is -3.35. The molecule has 0 unspecified atom stereocenters. The lowest BCUT2D eigenvalue weighted by Crippen LogP contribution is -2.49. The fourth-order valence-electron chi connectivity index (χ4n) is 4.45. The minimum atomic E-state index is -1.61. The van der Waals surface area contributed by atoms with Gasteiger partial charge in [0.2, 0.25) is 0 Å². The van der Waals surface area contributed by atoms with Gasteiger partial charge in [0.25, 0.3) is 0 Å². The van der Waals surface area contributed by atoms with Gasteiger partial charge in [-0.05, 0) is 65.2 Å². The average molecular weight is 533 g/mol. The Morgan fingerprint density at radius 1 is 0.615 bits per heavy atom. The standard InChI is InChI=1S/C33H40O6/c1-23(28(34)27(29(35)38-31(2,3)4)30(36)39-32(5,6)7)37-33(24-17-11-8-12-18-24,25-19-13-9-14-20-25)26-21-15-10-16-22-26/h8-23,27-28,34H,1-7H3/t23-,28+/m1/s1. The number of benzene rings is 3. The van der Waals surface area contributed by atoms with Crippen molar-refractivity contribution in [2.75, 3.05) is 0 Å². The fraction of sp³-hybridized carbons (Fsp3) is 0.394. The Bertz CT molecular complexity index is 1090. The molecule has 3 rings (SSSR count). The van der Waals surface area contributed by atoms with Gasteiger partial charge < -0.3 is 19.3 Å². The average Bonchev–Trinajstić information content (AvgIpc) is 2.86. The van der Waals surface area contributed by atoms with Crippen molar-refractivity contribution in [3.05, 3.63) is 108 Å². The van der Waals surface area contributed by atoms with E-state index in [1.165, 1.54) is 0 Å². The zero-order valence-electron chi connectivity index (χ0n) is 23.9. The van der Waals surface area contributed by atoms with Crippen LogP contribution in [0.1, 0.15) is 65.2 Å². The van der Waals surface area contributed by atoms with Crippen molar-refractivity contribution in [1.82, 2.24) is 0 Å². The van der Waals surface area contributed by atoms with Crippen LogP contribution in [0.3, 0.4) is 0 Å². The predicted molar refractivity (Wildman–Crippen MR) is 151 cm³/mol. The molecule has 39 heavy (non-hydrogen) atoms. The lowest BCUT2D eigenvalue weighted by atomic mass is 9.79. The predicted octanol–water partition coefficient (Wildman–Crippen LogP) is 6.04. The van der Waals surface area contributed by atoms with E-state index in [-0.39, 0.29) is 0 Å². The quantitative estimate of drug-likeness (QED) is 0.205. The highest BCUT2D eigenvalue weighted by Gasteiger charge is 2.46. The molecule has 0 aliphatic carbocycles. The Morgan fingerprint density at radius 3 is 1.21 bits per heavy atom. The maximum absolute atomic E-state index is 13.3. The number of ether oxygens (including phenoxy) is 3. The van der Waals surface area contributed by atoms with Crippen LogP contribution >= 0.6 is 0 Å². The molecule has 0 aromatic heterocycles. The lowest BCUT2D eigenvalue weighted by molar-refractivity contribution is -0.187. The van der Waals surface area contributed by atoms with Crippen LogP contribution in [0.4, 0.5) is 0 Å². The second-order valence-electron chi connectivity index (χ2n) is 11.6.